The Morgan fingerprint density at radius 2 is 0.909 bits per heavy atom. The Balaban J connectivity index is 0.000000231. The smallest absolute Gasteiger partial charge is 0.251 e. The summed E-state index contributed by atoms with van der Waals surface area (Å²) < 4.78 is 4.41. The molecule has 0 spiro atoms. The highest BCUT2D eigenvalue weighted by atomic mass is 79.9. The standard InChI is InChI=1S/2C14H18BrN.C14H15BrO.C12H12BrNO2.2ClH/c3*1-2-3-4-14(16)12-7-10-5-6-13(15)9-11(10)8-12;1-14(7-15)12(16)10-4-8-2-3-11(13)6-9(8)5-10;;/h2*5-6,8-9,14H,2-4,7,16H2,1H3;5-6,8-9H,2-4,7H2,1H3;2-3,5-6,15H,4,7H2,1H3;2*1H. The van der Waals surface area contributed by atoms with E-state index in [1.54, 1.807) is 7.05 Å². The van der Waals surface area contributed by atoms with Crippen LogP contribution in [0.15, 0.2) is 113 Å². The predicted octanol–water partition coefficient (Wildman–Crippen LogP) is 6.33. The number of aliphatic hydroxyl groups excluding tert-OH is 1. The van der Waals surface area contributed by atoms with Gasteiger partial charge in [-0.15, -0.1) is 0 Å². The molecule has 1 amide bonds. The summed E-state index contributed by atoms with van der Waals surface area (Å²) in [5, 5.41) is 8.90. The van der Waals surface area contributed by atoms with Crippen molar-refractivity contribution in [2.75, 3.05) is 13.8 Å². The number of carbonyl (C=O) groups excluding carboxylic acids is 2. The van der Waals surface area contributed by atoms with E-state index in [1.807, 2.05) is 36.4 Å². The third kappa shape index (κ3) is 16.8. The van der Waals surface area contributed by atoms with E-state index in [1.165, 1.54) is 88.0 Å². The first-order valence-corrected chi connectivity index (χ1v) is 25.9. The highest BCUT2D eigenvalue weighted by Gasteiger charge is 2.23. The monoisotopic (exact) mass is 1190 g/mol. The van der Waals surface area contributed by atoms with Gasteiger partial charge in [0, 0.05) is 81.0 Å². The summed E-state index contributed by atoms with van der Waals surface area (Å²) in [6.07, 6.45) is 22.5. The Hall–Kier alpha value is -2.64. The molecular formula is C54H65Br4Cl2N3O3. The number of ketones is 1. The number of carbonyl (C=O) groups is 2. The van der Waals surface area contributed by atoms with Crippen LogP contribution in [0.2, 0.25) is 0 Å². The van der Waals surface area contributed by atoms with Crippen molar-refractivity contribution in [2.24, 2.45) is 0 Å². The van der Waals surface area contributed by atoms with E-state index in [4.69, 9.17) is 5.11 Å². The molecule has 8 rings (SSSR count). The largest absolute Gasteiger partial charge is 1.00 e. The van der Waals surface area contributed by atoms with Gasteiger partial charge in [-0.1, -0.05) is 128 Å². The summed E-state index contributed by atoms with van der Waals surface area (Å²) in [5.74, 6) is 0.198. The van der Waals surface area contributed by atoms with Crippen molar-refractivity contribution < 1.29 is 51.0 Å². The second-order valence-electron chi connectivity index (χ2n) is 17.2. The molecule has 2 unspecified atom stereocenters. The number of Topliss-reactive ketones (excluding diaryl/α,β-unsaturated/α-hetero) is 1. The molecule has 0 bridgehead atoms. The molecule has 7 N–H and O–H groups in total. The lowest BCUT2D eigenvalue weighted by Crippen LogP contribution is -3.00. The zero-order chi connectivity index (χ0) is 46.3. The number of unbranched alkanes of at least 4 members (excludes halogenated alkanes) is 3. The molecule has 0 saturated heterocycles. The molecular weight excluding hydrogens is 1130 g/mol. The molecule has 4 aliphatic rings. The topological polar surface area (TPSA) is 113 Å². The summed E-state index contributed by atoms with van der Waals surface area (Å²) in [6, 6.07) is 26.3. The molecule has 12 heteroatoms. The Morgan fingerprint density at radius 1 is 0.561 bits per heavy atom. The van der Waals surface area contributed by atoms with Crippen LogP contribution in [0.25, 0.3) is 24.3 Å². The van der Waals surface area contributed by atoms with Gasteiger partial charge in [0.05, 0.1) is 0 Å². The van der Waals surface area contributed by atoms with Gasteiger partial charge in [-0.25, -0.2) is 0 Å². The number of benzene rings is 4. The average molecular weight is 1190 g/mol. The van der Waals surface area contributed by atoms with Gasteiger partial charge in [-0.05, 0) is 148 Å². The minimum atomic E-state index is -0.254. The maximum Gasteiger partial charge on any atom is 0.251 e. The lowest BCUT2D eigenvalue weighted by Gasteiger charge is -2.13. The van der Waals surface area contributed by atoms with Crippen molar-refractivity contribution in [1.82, 2.24) is 4.90 Å². The molecule has 0 aliphatic heterocycles. The van der Waals surface area contributed by atoms with Crippen LogP contribution in [0.3, 0.4) is 0 Å². The summed E-state index contributed by atoms with van der Waals surface area (Å²) in [5.41, 5.74) is 23.6. The number of hydrogen-bond donors (Lipinski definition) is 3. The van der Waals surface area contributed by atoms with E-state index >= 15 is 0 Å². The molecule has 356 valence electrons. The molecule has 4 aromatic rings. The van der Waals surface area contributed by atoms with Crippen LogP contribution in [-0.2, 0) is 35.3 Å². The van der Waals surface area contributed by atoms with Crippen molar-refractivity contribution in [1.29, 1.82) is 0 Å². The second kappa shape index (κ2) is 28.8. The summed E-state index contributed by atoms with van der Waals surface area (Å²) >= 11 is 13.9. The molecule has 4 aliphatic carbocycles. The van der Waals surface area contributed by atoms with Crippen molar-refractivity contribution in [3.8, 4) is 0 Å². The maximum atomic E-state index is 11.9. The Bertz CT molecular complexity index is 2330. The van der Waals surface area contributed by atoms with Crippen molar-refractivity contribution in [3.05, 3.63) is 157 Å². The van der Waals surface area contributed by atoms with E-state index in [0.29, 0.717) is 30.7 Å². The summed E-state index contributed by atoms with van der Waals surface area (Å²) in [7, 11) is 1.59. The molecule has 6 nitrogen and oxygen atoms in total. The summed E-state index contributed by atoms with van der Waals surface area (Å²) in [6.45, 7) is 6.33. The van der Waals surface area contributed by atoms with Gasteiger partial charge in [-0.2, -0.15) is 0 Å². The molecule has 0 aromatic heterocycles. The van der Waals surface area contributed by atoms with E-state index in [-0.39, 0.29) is 37.5 Å². The lowest BCUT2D eigenvalue weighted by atomic mass is 10.0. The zero-order valence-electron chi connectivity index (χ0n) is 38.7. The highest BCUT2D eigenvalue weighted by molar-refractivity contribution is 9.11. The summed E-state index contributed by atoms with van der Waals surface area (Å²) in [4.78, 5) is 25.0. The number of aliphatic hydroxyl groups is 1. The van der Waals surface area contributed by atoms with E-state index in [2.05, 4.69) is 157 Å². The van der Waals surface area contributed by atoms with Crippen LogP contribution in [0.4, 0.5) is 0 Å². The number of allylic oxidation sites excluding steroid dienone is 1. The van der Waals surface area contributed by atoms with Gasteiger partial charge >= 0.3 is 0 Å². The SMILES string of the molecule is CCCCC(=O)C1=Cc2cc(Br)ccc2C1.CCCCC([NH3+])C1=Cc2cc(Br)ccc2C1.CCCCC([NH3+])C1=Cc2cc(Br)ccc2C1.CN(CO)C(=O)C1=Cc2cc(Br)ccc2C1.[Cl-].[Cl-]. The minimum Gasteiger partial charge on any atom is -1.00 e. The van der Waals surface area contributed by atoms with Gasteiger partial charge < -0.3 is 46.3 Å². The molecule has 66 heavy (non-hydrogen) atoms. The fourth-order valence-electron chi connectivity index (χ4n) is 8.19. The number of fused-ring (bicyclic) bond motifs is 4. The van der Waals surface area contributed by atoms with Gasteiger partial charge in [0.1, 0.15) is 18.8 Å². The number of rotatable bonds is 14. The first-order valence-electron chi connectivity index (χ1n) is 22.7. The van der Waals surface area contributed by atoms with Gasteiger partial charge in [0.25, 0.3) is 5.91 Å². The fourth-order valence-corrected chi connectivity index (χ4v) is 9.71. The van der Waals surface area contributed by atoms with Gasteiger partial charge in [-0.3, -0.25) is 9.59 Å². The fraction of sp³-hybridized carbons (Fsp3) is 0.370. The first kappa shape index (κ1) is 57.7. The minimum absolute atomic E-state index is 0. The Morgan fingerprint density at radius 3 is 1.29 bits per heavy atom. The van der Waals surface area contributed by atoms with Crippen molar-refractivity contribution >= 4 is 99.7 Å². The van der Waals surface area contributed by atoms with Crippen LogP contribution in [0.1, 0.15) is 123 Å². The van der Waals surface area contributed by atoms with Crippen molar-refractivity contribution in [3.63, 3.8) is 0 Å². The molecule has 0 heterocycles. The number of amides is 1. The van der Waals surface area contributed by atoms with Crippen LogP contribution in [0.5, 0.6) is 0 Å². The van der Waals surface area contributed by atoms with E-state index in [0.717, 1.165) is 72.3 Å². The molecule has 2 atom stereocenters. The Labute approximate surface area is 439 Å². The third-order valence-corrected chi connectivity index (χ3v) is 14.1. The first-order chi connectivity index (χ1) is 30.7. The molecule has 4 aromatic carbocycles. The van der Waals surface area contributed by atoms with E-state index in [9.17, 15) is 9.59 Å². The highest BCUT2D eigenvalue weighted by Crippen LogP contribution is 2.32. The van der Waals surface area contributed by atoms with Crippen LogP contribution in [-0.4, -0.2) is 47.6 Å². The predicted molar refractivity (Wildman–Crippen MR) is 280 cm³/mol. The maximum absolute atomic E-state index is 11.9. The van der Waals surface area contributed by atoms with Crippen LogP contribution in [0, 0.1) is 0 Å². The number of nitrogens with zero attached hydrogens (tertiary/aromatic N) is 1. The molecule has 0 radical (unpaired) electrons. The third-order valence-electron chi connectivity index (χ3n) is 12.1. The quantitative estimate of drug-likeness (QED) is 0.129. The second-order valence-corrected chi connectivity index (χ2v) is 20.9. The number of quaternary nitrogens is 2. The van der Waals surface area contributed by atoms with Crippen molar-refractivity contribution in [2.45, 2.75) is 116 Å². The van der Waals surface area contributed by atoms with Gasteiger partial charge in [0.15, 0.2) is 5.78 Å². The number of likely N-dealkylation sites (N-methyl/N-ethyl adjacent to an activating group) is 1. The average Bonchev–Trinajstić information content (AvgIpc) is 4.11. The molecule has 0 fully saturated rings. The number of halogens is 6. The normalized spacial score (nSPS) is 14.2. The Kier molecular flexibility index (Phi) is 25.1. The van der Waals surface area contributed by atoms with Crippen LogP contribution >= 0.6 is 63.7 Å². The van der Waals surface area contributed by atoms with Crippen LogP contribution < -0.4 is 36.3 Å². The van der Waals surface area contributed by atoms with E-state index < -0.39 is 0 Å². The lowest BCUT2D eigenvalue weighted by molar-refractivity contribution is -0.408. The zero-order valence-corrected chi connectivity index (χ0v) is 46.5. The number of hydrogen-bond acceptors (Lipinski definition) is 3. The molecule has 0 saturated carbocycles. The van der Waals surface area contributed by atoms with Gasteiger partial charge in [0.2, 0.25) is 0 Å².